The van der Waals surface area contributed by atoms with Crippen molar-refractivity contribution in [1.82, 2.24) is 20.2 Å². The highest BCUT2D eigenvalue weighted by Gasteiger charge is 2.23. The van der Waals surface area contributed by atoms with E-state index in [2.05, 4.69) is 38.3 Å². The maximum absolute atomic E-state index is 5.55. The lowest BCUT2D eigenvalue weighted by atomic mass is 10.0. The first kappa shape index (κ1) is 22.5. The molecule has 9 heteroatoms. The van der Waals surface area contributed by atoms with Gasteiger partial charge < -0.3 is 25.2 Å². The second kappa shape index (κ2) is 11.2. The topological polar surface area (TPSA) is 68.8 Å². The van der Waals surface area contributed by atoms with Gasteiger partial charge in [-0.3, -0.25) is 4.90 Å². The van der Waals surface area contributed by atoms with E-state index in [1.807, 2.05) is 0 Å². The molecular weight excluding hydrogens is 410 g/mol. The number of aromatic nitrogens is 2. The summed E-state index contributed by atoms with van der Waals surface area (Å²) in [4.78, 5) is 16.9. The number of ether oxygens (including phenoxy) is 1. The summed E-state index contributed by atoms with van der Waals surface area (Å²) in [5, 5.41) is 7.16. The maximum Gasteiger partial charge on any atom is 0.232 e. The molecule has 0 aromatic carbocycles. The van der Waals surface area contributed by atoms with Crippen molar-refractivity contribution >= 4 is 34.9 Å². The first-order chi connectivity index (χ1) is 15.2. The van der Waals surface area contributed by atoms with Crippen LogP contribution in [-0.4, -0.2) is 85.0 Å². The minimum absolute atomic E-state index is 0.504. The SMILES string of the molecule is C[C@H]1CCCCN1c1cc(N2CCCCC2)nc(NC(=S)NCCN2CCOCC2)n1. The number of anilines is 3. The van der Waals surface area contributed by atoms with Crippen LogP contribution in [0.15, 0.2) is 6.07 Å². The van der Waals surface area contributed by atoms with Gasteiger partial charge in [0.1, 0.15) is 11.6 Å². The molecule has 3 aliphatic heterocycles. The average Bonchev–Trinajstić information content (AvgIpc) is 2.80. The van der Waals surface area contributed by atoms with Gasteiger partial charge in [0.05, 0.1) is 13.2 Å². The summed E-state index contributed by atoms with van der Waals surface area (Å²) in [6.07, 6.45) is 7.49. The highest BCUT2D eigenvalue weighted by atomic mass is 32.1. The van der Waals surface area contributed by atoms with Crippen LogP contribution in [0.5, 0.6) is 0 Å². The molecule has 0 aliphatic carbocycles. The third-order valence-corrected chi connectivity index (χ3v) is 6.77. The lowest BCUT2D eigenvalue weighted by molar-refractivity contribution is 0.0389. The number of nitrogens with zero attached hydrogens (tertiary/aromatic N) is 5. The van der Waals surface area contributed by atoms with Crippen LogP contribution in [0.3, 0.4) is 0 Å². The smallest absolute Gasteiger partial charge is 0.232 e. The van der Waals surface area contributed by atoms with Gasteiger partial charge in [0.25, 0.3) is 0 Å². The molecule has 1 aromatic heterocycles. The van der Waals surface area contributed by atoms with Crippen molar-refractivity contribution < 1.29 is 4.74 Å². The van der Waals surface area contributed by atoms with E-state index >= 15 is 0 Å². The van der Waals surface area contributed by atoms with E-state index in [0.29, 0.717) is 17.1 Å². The van der Waals surface area contributed by atoms with Crippen molar-refractivity contribution in [2.75, 3.05) is 74.1 Å². The van der Waals surface area contributed by atoms with E-state index in [4.69, 9.17) is 26.9 Å². The Hall–Kier alpha value is -1.71. The van der Waals surface area contributed by atoms with Crippen LogP contribution in [-0.2, 0) is 4.74 Å². The molecule has 0 bridgehead atoms. The van der Waals surface area contributed by atoms with Gasteiger partial charge in [-0.2, -0.15) is 9.97 Å². The van der Waals surface area contributed by atoms with Gasteiger partial charge in [-0.25, -0.2) is 0 Å². The van der Waals surface area contributed by atoms with Gasteiger partial charge in [-0.05, 0) is 57.7 Å². The fraction of sp³-hybridized carbons (Fsp3) is 0.773. The predicted octanol–water partition coefficient (Wildman–Crippen LogP) is 2.46. The monoisotopic (exact) mass is 447 g/mol. The van der Waals surface area contributed by atoms with E-state index in [-0.39, 0.29) is 0 Å². The van der Waals surface area contributed by atoms with Crippen molar-refractivity contribution in [3.05, 3.63) is 6.07 Å². The van der Waals surface area contributed by atoms with Gasteiger partial charge in [0, 0.05) is 57.9 Å². The first-order valence-corrected chi connectivity index (χ1v) is 12.4. The van der Waals surface area contributed by atoms with Crippen molar-refractivity contribution in [2.24, 2.45) is 0 Å². The molecule has 0 radical (unpaired) electrons. The molecule has 0 unspecified atom stereocenters. The van der Waals surface area contributed by atoms with E-state index in [1.165, 1.54) is 38.5 Å². The van der Waals surface area contributed by atoms with Gasteiger partial charge in [-0.1, -0.05) is 0 Å². The number of nitrogens with one attached hydrogen (secondary N) is 2. The quantitative estimate of drug-likeness (QED) is 0.640. The van der Waals surface area contributed by atoms with Crippen LogP contribution in [0.4, 0.5) is 17.6 Å². The van der Waals surface area contributed by atoms with Crippen LogP contribution in [0.2, 0.25) is 0 Å². The van der Waals surface area contributed by atoms with Crippen LogP contribution >= 0.6 is 12.2 Å². The van der Waals surface area contributed by atoms with Crippen LogP contribution in [0.1, 0.15) is 45.4 Å². The third-order valence-electron chi connectivity index (χ3n) is 6.52. The highest BCUT2D eigenvalue weighted by molar-refractivity contribution is 7.80. The maximum atomic E-state index is 5.55. The van der Waals surface area contributed by atoms with Crippen LogP contribution in [0.25, 0.3) is 0 Å². The summed E-state index contributed by atoms with van der Waals surface area (Å²) in [6, 6.07) is 2.68. The van der Waals surface area contributed by atoms with E-state index < -0.39 is 0 Å². The van der Waals surface area contributed by atoms with Crippen LogP contribution in [0, 0.1) is 0 Å². The molecule has 1 atom stereocenters. The van der Waals surface area contributed by atoms with Crippen molar-refractivity contribution in [1.29, 1.82) is 0 Å². The molecule has 0 saturated carbocycles. The zero-order valence-corrected chi connectivity index (χ0v) is 19.6. The average molecular weight is 448 g/mol. The Morgan fingerprint density at radius 3 is 2.55 bits per heavy atom. The molecule has 4 heterocycles. The standard InChI is InChI=1S/C22H37N7OS/c1-18-7-3-6-11-29(18)20-17-19(28-9-4-2-5-10-28)24-21(25-20)26-22(31)23-8-12-27-13-15-30-16-14-27/h17-18H,2-16H2,1H3,(H2,23,24,25,26,31)/t18-/m0/s1. The number of thiocarbonyl (C=S) groups is 1. The predicted molar refractivity (Wildman–Crippen MR) is 130 cm³/mol. The summed E-state index contributed by atoms with van der Waals surface area (Å²) >= 11 is 5.55. The summed E-state index contributed by atoms with van der Waals surface area (Å²) < 4.78 is 5.41. The van der Waals surface area contributed by atoms with Crippen molar-refractivity contribution in [3.63, 3.8) is 0 Å². The molecule has 1 aromatic rings. The summed E-state index contributed by atoms with van der Waals surface area (Å²) in [6.45, 7) is 10.8. The van der Waals surface area contributed by atoms with Gasteiger partial charge >= 0.3 is 0 Å². The van der Waals surface area contributed by atoms with Gasteiger partial charge in [0.2, 0.25) is 5.95 Å². The summed E-state index contributed by atoms with van der Waals surface area (Å²) in [5.74, 6) is 2.63. The lowest BCUT2D eigenvalue weighted by Gasteiger charge is -2.35. The minimum atomic E-state index is 0.504. The van der Waals surface area contributed by atoms with Gasteiger partial charge in [-0.15, -0.1) is 0 Å². The van der Waals surface area contributed by atoms with Crippen molar-refractivity contribution in [3.8, 4) is 0 Å². The molecule has 2 N–H and O–H groups in total. The Morgan fingerprint density at radius 1 is 1.03 bits per heavy atom. The van der Waals surface area contributed by atoms with E-state index in [9.17, 15) is 0 Å². The second-order valence-corrected chi connectivity index (χ2v) is 9.24. The highest BCUT2D eigenvalue weighted by Crippen LogP contribution is 2.28. The van der Waals surface area contributed by atoms with E-state index in [0.717, 1.165) is 70.7 Å². The zero-order chi connectivity index (χ0) is 21.5. The number of piperidine rings is 2. The molecule has 172 valence electrons. The molecular formula is C22H37N7OS. The molecule has 3 aliphatic rings. The second-order valence-electron chi connectivity index (χ2n) is 8.83. The number of rotatable bonds is 6. The first-order valence-electron chi connectivity index (χ1n) is 11.9. The normalized spacial score (nSPS) is 22.9. The molecule has 0 amide bonds. The Balaban J connectivity index is 1.42. The van der Waals surface area contributed by atoms with Crippen molar-refractivity contribution in [2.45, 2.75) is 51.5 Å². The molecule has 3 saturated heterocycles. The summed E-state index contributed by atoms with van der Waals surface area (Å²) in [7, 11) is 0. The minimum Gasteiger partial charge on any atom is -0.379 e. The largest absolute Gasteiger partial charge is 0.379 e. The number of hydrogen-bond donors (Lipinski definition) is 2. The van der Waals surface area contributed by atoms with E-state index in [1.54, 1.807) is 0 Å². The molecule has 3 fully saturated rings. The number of morpholine rings is 1. The molecule has 8 nitrogen and oxygen atoms in total. The number of hydrogen-bond acceptors (Lipinski definition) is 7. The fourth-order valence-corrected chi connectivity index (χ4v) is 4.84. The Bertz CT molecular complexity index is 722. The van der Waals surface area contributed by atoms with Gasteiger partial charge in [0.15, 0.2) is 5.11 Å². The fourth-order valence-electron chi connectivity index (χ4n) is 4.65. The Kier molecular flexibility index (Phi) is 8.15. The molecule has 4 rings (SSSR count). The van der Waals surface area contributed by atoms with Crippen LogP contribution < -0.4 is 20.4 Å². The summed E-state index contributed by atoms with van der Waals surface area (Å²) in [5.41, 5.74) is 0. The third kappa shape index (κ3) is 6.40. The lowest BCUT2D eigenvalue weighted by Crippen LogP contribution is -2.42. The molecule has 0 spiro atoms. The Morgan fingerprint density at radius 2 is 1.77 bits per heavy atom. The zero-order valence-electron chi connectivity index (χ0n) is 18.8. The Labute approximate surface area is 191 Å². The molecule has 31 heavy (non-hydrogen) atoms.